The van der Waals surface area contributed by atoms with E-state index >= 15 is 0 Å². The standard InChI is InChI=1S/C14H18BrF3N2/c15-12-9-10(14(16,17)18)5-6-13(12)20(8-2-7-19)11-3-1-4-11/h5-6,9,11H,1-4,7-8,19H2. The third kappa shape index (κ3) is 3.47. The number of halogens is 4. The first-order valence-corrected chi connectivity index (χ1v) is 7.56. The van der Waals surface area contributed by atoms with E-state index in [9.17, 15) is 13.2 Å². The summed E-state index contributed by atoms with van der Waals surface area (Å²) in [6, 6.07) is 4.29. The predicted molar refractivity (Wildman–Crippen MR) is 77.8 cm³/mol. The van der Waals surface area contributed by atoms with Gasteiger partial charge in [0.1, 0.15) is 0 Å². The molecule has 0 radical (unpaired) electrons. The highest BCUT2D eigenvalue weighted by molar-refractivity contribution is 9.10. The quantitative estimate of drug-likeness (QED) is 0.863. The number of nitrogens with two attached hydrogens (primary N) is 1. The van der Waals surface area contributed by atoms with Crippen LogP contribution in [0.2, 0.25) is 0 Å². The highest BCUT2D eigenvalue weighted by atomic mass is 79.9. The number of hydrogen-bond donors (Lipinski definition) is 1. The summed E-state index contributed by atoms with van der Waals surface area (Å²) in [7, 11) is 0. The molecule has 1 fully saturated rings. The van der Waals surface area contributed by atoms with Gasteiger partial charge in [0.2, 0.25) is 0 Å². The molecule has 1 saturated carbocycles. The maximum atomic E-state index is 12.7. The first-order chi connectivity index (χ1) is 9.43. The van der Waals surface area contributed by atoms with Crippen molar-refractivity contribution in [1.29, 1.82) is 0 Å². The van der Waals surface area contributed by atoms with Crippen molar-refractivity contribution in [3.63, 3.8) is 0 Å². The Morgan fingerprint density at radius 3 is 2.45 bits per heavy atom. The number of rotatable bonds is 5. The summed E-state index contributed by atoms with van der Waals surface area (Å²) in [5, 5.41) is 0. The zero-order chi connectivity index (χ0) is 14.8. The van der Waals surface area contributed by atoms with Gasteiger partial charge in [-0.05, 0) is 66.4 Å². The summed E-state index contributed by atoms with van der Waals surface area (Å²) < 4.78 is 38.6. The second-order valence-corrected chi connectivity index (χ2v) is 5.94. The average molecular weight is 351 g/mol. The summed E-state index contributed by atoms with van der Waals surface area (Å²) in [6.07, 6.45) is -0.0956. The van der Waals surface area contributed by atoms with E-state index in [2.05, 4.69) is 20.8 Å². The van der Waals surface area contributed by atoms with Crippen molar-refractivity contribution in [2.45, 2.75) is 37.9 Å². The molecule has 0 aromatic heterocycles. The molecule has 0 bridgehead atoms. The third-order valence-corrected chi connectivity index (χ3v) is 4.34. The van der Waals surface area contributed by atoms with Crippen LogP contribution in [0, 0.1) is 0 Å². The van der Waals surface area contributed by atoms with Crippen LogP contribution < -0.4 is 10.6 Å². The zero-order valence-electron chi connectivity index (χ0n) is 11.1. The minimum Gasteiger partial charge on any atom is -0.368 e. The van der Waals surface area contributed by atoms with Gasteiger partial charge in [-0.3, -0.25) is 0 Å². The fraction of sp³-hybridized carbons (Fsp3) is 0.571. The van der Waals surface area contributed by atoms with Crippen LogP contribution in [0.5, 0.6) is 0 Å². The molecular formula is C14H18BrF3N2. The smallest absolute Gasteiger partial charge is 0.368 e. The molecular weight excluding hydrogens is 333 g/mol. The van der Waals surface area contributed by atoms with Gasteiger partial charge in [-0.1, -0.05) is 0 Å². The second kappa shape index (κ2) is 6.35. The lowest BCUT2D eigenvalue weighted by molar-refractivity contribution is -0.137. The van der Waals surface area contributed by atoms with Crippen LogP contribution >= 0.6 is 15.9 Å². The van der Waals surface area contributed by atoms with Crippen LogP contribution in [0.1, 0.15) is 31.2 Å². The van der Waals surface area contributed by atoms with E-state index in [-0.39, 0.29) is 0 Å². The van der Waals surface area contributed by atoms with E-state index in [1.807, 2.05) is 0 Å². The number of anilines is 1. The summed E-state index contributed by atoms with van der Waals surface area (Å²) in [5.41, 5.74) is 5.75. The molecule has 1 aliphatic rings. The third-order valence-electron chi connectivity index (χ3n) is 3.70. The Labute approximate surface area is 125 Å². The molecule has 0 saturated heterocycles. The molecule has 0 amide bonds. The summed E-state index contributed by atoms with van der Waals surface area (Å²) in [6.45, 7) is 1.37. The minimum absolute atomic E-state index is 0.426. The molecule has 0 heterocycles. The Balaban J connectivity index is 2.24. The van der Waals surface area contributed by atoms with Gasteiger partial charge in [0.05, 0.1) is 11.3 Å². The Kier molecular flexibility index (Phi) is 4.96. The molecule has 2 rings (SSSR count). The minimum atomic E-state index is -4.31. The van der Waals surface area contributed by atoms with E-state index in [0.29, 0.717) is 17.1 Å². The topological polar surface area (TPSA) is 29.3 Å². The Hall–Kier alpha value is -0.750. The molecule has 0 spiro atoms. The van der Waals surface area contributed by atoms with Crippen molar-refractivity contribution in [3.8, 4) is 0 Å². The first-order valence-electron chi connectivity index (χ1n) is 6.77. The zero-order valence-corrected chi connectivity index (χ0v) is 12.7. The maximum absolute atomic E-state index is 12.7. The Morgan fingerprint density at radius 1 is 1.30 bits per heavy atom. The molecule has 0 atom stereocenters. The highest BCUT2D eigenvalue weighted by Crippen LogP contribution is 2.38. The van der Waals surface area contributed by atoms with E-state index < -0.39 is 11.7 Å². The molecule has 6 heteroatoms. The van der Waals surface area contributed by atoms with Crippen LogP contribution in [0.15, 0.2) is 22.7 Å². The lowest BCUT2D eigenvalue weighted by Crippen LogP contribution is -2.41. The van der Waals surface area contributed by atoms with Crippen LogP contribution in [0.4, 0.5) is 18.9 Å². The number of hydrogen-bond acceptors (Lipinski definition) is 2. The van der Waals surface area contributed by atoms with Crippen molar-refractivity contribution >= 4 is 21.6 Å². The van der Waals surface area contributed by atoms with Gasteiger partial charge in [-0.25, -0.2) is 0 Å². The van der Waals surface area contributed by atoms with Gasteiger partial charge >= 0.3 is 6.18 Å². The van der Waals surface area contributed by atoms with Crippen LogP contribution in [-0.4, -0.2) is 19.1 Å². The van der Waals surface area contributed by atoms with Crippen molar-refractivity contribution in [1.82, 2.24) is 0 Å². The Morgan fingerprint density at radius 2 is 2.00 bits per heavy atom. The van der Waals surface area contributed by atoms with Crippen molar-refractivity contribution < 1.29 is 13.2 Å². The van der Waals surface area contributed by atoms with E-state index in [1.165, 1.54) is 6.42 Å². The summed E-state index contributed by atoms with van der Waals surface area (Å²) >= 11 is 3.28. The predicted octanol–water partition coefficient (Wildman–Crippen LogP) is 4.18. The van der Waals surface area contributed by atoms with Crippen LogP contribution in [0.3, 0.4) is 0 Å². The maximum Gasteiger partial charge on any atom is 0.416 e. The van der Waals surface area contributed by atoms with E-state index in [4.69, 9.17) is 5.73 Å². The average Bonchev–Trinajstić information content (AvgIpc) is 2.31. The molecule has 2 N–H and O–H groups in total. The molecule has 1 aromatic carbocycles. The number of benzene rings is 1. The van der Waals surface area contributed by atoms with E-state index in [0.717, 1.165) is 43.6 Å². The molecule has 2 nitrogen and oxygen atoms in total. The van der Waals surface area contributed by atoms with Gasteiger partial charge in [0.25, 0.3) is 0 Å². The number of nitrogens with zero attached hydrogens (tertiary/aromatic N) is 1. The second-order valence-electron chi connectivity index (χ2n) is 5.08. The van der Waals surface area contributed by atoms with E-state index in [1.54, 1.807) is 6.07 Å². The van der Waals surface area contributed by atoms with Gasteiger partial charge in [0, 0.05) is 17.1 Å². The van der Waals surface area contributed by atoms with Crippen molar-refractivity contribution in [2.75, 3.05) is 18.0 Å². The fourth-order valence-corrected chi connectivity index (χ4v) is 2.98. The lowest BCUT2D eigenvalue weighted by atomic mass is 9.90. The molecule has 20 heavy (non-hydrogen) atoms. The summed E-state index contributed by atoms with van der Waals surface area (Å²) in [4.78, 5) is 2.18. The fourth-order valence-electron chi connectivity index (χ4n) is 2.38. The largest absolute Gasteiger partial charge is 0.416 e. The molecule has 1 aliphatic carbocycles. The number of alkyl halides is 3. The molecule has 0 aliphatic heterocycles. The molecule has 1 aromatic rings. The van der Waals surface area contributed by atoms with Crippen LogP contribution in [0.25, 0.3) is 0 Å². The molecule has 112 valence electrons. The van der Waals surface area contributed by atoms with Crippen molar-refractivity contribution in [3.05, 3.63) is 28.2 Å². The molecule has 0 unspecified atom stereocenters. The Bertz CT molecular complexity index is 458. The lowest BCUT2D eigenvalue weighted by Gasteiger charge is -2.40. The monoisotopic (exact) mass is 350 g/mol. The first kappa shape index (κ1) is 15.6. The normalized spacial score (nSPS) is 16.1. The SMILES string of the molecule is NCCCN(c1ccc(C(F)(F)F)cc1Br)C1CCC1. The highest BCUT2D eigenvalue weighted by Gasteiger charge is 2.32. The summed E-state index contributed by atoms with van der Waals surface area (Å²) in [5.74, 6) is 0. The van der Waals surface area contributed by atoms with Gasteiger partial charge < -0.3 is 10.6 Å². The van der Waals surface area contributed by atoms with Gasteiger partial charge in [-0.15, -0.1) is 0 Å². The van der Waals surface area contributed by atoms with Gasteiger partial charge in [0.15, 0.2) is 0 Å². The van der Waals surface area contributed by atoms with Gasteiger partial charge in [-0.2, -0.15) is 13.2 Å². The van der Waals surface area contributed by atoms with Crippen molar-refractivity contribution in [2.24, 2.45) is 5.73 Å². The van der Waals surface area contributed by atoms with Crippen LogP contribution in [-0.2, 0) is 6.18 Å².